The van der Waals surface area contributed by atoms with Crippen LogP contribution in [-0.4, -0.2) is 31.0 Å². The number of rotatable bonds is 9. The van der Waals surface area contributed by atoms with Gasteiger partial charge < -0.3 is 15.2 Å². The van der Waals surface area contributed by atoms with Gasteiger partial charge in [-0.25, -0.2) is 0 Å². The third-order valence-electron chi connectivity index (χ3n) is 3.11. The Kier molecular flexibility index (Phi) is 7.97. The summed E-state index contributed by atoms with van der Waals surface area (Å²) in [5.74, 6) is 0.705. The van der Waals surface area contributed by atoms with Crippen LogP contribution in [0, 0.1) is 12.8 Å². The van der Waals surface area contributed by atoms with E-state index in [2.05, 4.69) is 19.2 Å². The smallest absolute Gasteiger partial charge is 0.0945 e. The van der Waals surface area contributed by atoms with E-state index in [1.807, 2.05) is 25.1 Å². The summed E-state index contributed by atoms with van der Waals surface area (Å²) in [6.07, 6.45) is 1.70. The van der Waals surface area contributed by atoms with Gasteiger partial charge in [0.2, 0.25) is 0 Å². The van der Waals surface area contributed by atoms with Crippen molar-refractivity contribution in [1.82, 2.24) is 0 Å². The molecule has 0 aromatic heterocycles. The summed E-state index contributed by atoms with van der Waals surface area (Å²) in [5.41, 5.74) is 2.07. The monoisotopic (exact) mass is 299 g/mol. The topological polar surface area (TPSA) is 41.5 Å². The third kappa shape index (κ3) is 7.13. The molecule has 4 heteroatoms. The Morgan fingerprint density at radius 2 is 2.10 bits per heavy atom. The second kappa shape index (κ2) is 9.22. The first kappa shape index (κ1) is 17.3. The quantitative estimate of drug-likeness (QED) is 0.680. The number of benzene rings is 1. The van der Waals surface area contributed by atoms with E-state index in [0.29, 0.717) is 30.7 Å². The van der Waals surface area contributed by atoms with Crippen LogP contribution in [0.5, 0.6) is 0 Å². The molecule has 1 aromatic carbocycles. The molecule has 1 unspecified atom stereocenters. The SMILES string of the molecule is Cc1ccc(Cl)cc1NCC(O)COCCCC(C)C. The molecule has 0 heterocycles. The van der Waals surface area contributed by atoms with Gasteiger partial charge in [-0.3, -0.25) is 0 Å². The Morgan fingerprint density at radius 3 is 2.80 bits per heavy atom. The minimum atomic E-state index is -0.507. The van der Waals surface area contributed by atoms with Crippen molar-refractivity contribution in [3.05, 3.63) is 28.8 Å². The molecule has 0 aliphatic rings. The van der Waals surface area contributed by atoms with Crippen LogP contribution in [0.2, 0.25) is 5.02 Å². The summed E-state index contributed by atoms with van der Waals surface area (Å²) < 4.78 is 5.47. The lowest BCUT2D eigenvalue weighted by molar-refractivity contribution is 0.0409. The molecule has 0 saturated heterocycles. The molecule has 0 spiro atoms. The van der Waals surface area contributed by atoms with E-state index in [1.165, 1.54) is 0 Å². The average molecular weight is 300 g/mol. The highest BCUT2D eigenvalue weighted by molar-refractivity contribution is 6.30. The van der Waals surface area contributed by atoms with Crippen LogP contribution in [-0.2, 0) is 4.74 Å². The van der Waals surface area contributed by atoms with E-state index in [-0.39, 0.29) is 0 Å². The van der Waals surface area contributed by atoms with E-state index in [4.69, 9.17) is 16.3 Å². The van der Waals surface area contributed by atoms with E-state index < -0.39 is 6.10 Å². The number of aliphatic hydroxyl groups excluding tert-OH is 1. The maximum atomic E-state index is 9.86. The van der Waals surface area contributed by atoms with Gasteiger partial charge >= 0.3 is 0 Å². The van der Waals surface area contributed by atoms with Crippen molar-refractivity contribution in [3.8, 4) is 0 Å². The molecule has 3 nitrogen and oxygen atoms in total. The highest BCUT2D eigenvalue weighted by Crippen LogP contribution is 2.19. The van der Waals surface area contributed by atoms with Crippen molar-refractivity contribution in [3.63, 3.8) is 0 Å². The van der Waals surface area contributed by atoms with Gasteiger partial charge in [-0.15, -0.1) is 0 Å². The van der Waals surface area contributed by atoms with Crippen molar-refractivity contribution in [1.29, 1.82) is 0 Å². The molecule has 0 saturated carbocycles. The molecular weight excluding hydrogens is 274 g/mol. The van der Waals surface area contributed by atoms with Gasteiger partial charge in [0.25, 0.3) is 0 Å². The second-order valence-corrected chi connectivity index (χ2v) is 6.04. The van der Waals surface area contributed by atoms with Crippen LogP contribution in [0.4, 0.5) is 5.69 Å². The number of ether oxygens (including phenoxy) is 1. The lowest BCUT2D eigenvalue weighted by Gasteiger charge is -2.15. The Labute approximate surface area is 127 Å². The first-order valence-corrected chi connectivity index (χ1v) is 7.62. The van der Waals surface area contributed by atoms with E-state index in [9.17, 15) is 5.11 Å². The van der Waals surface area contributed by atoms with Crippen LogP contribution in [0.15, 0.2) is 18.2 Å². The van der Waals surface area contributed by atoms with Crippen LogP contribution >= 0.6 is 11.6 Å². The standard InChI is InChI=1S/C16H26ClNO2/c1-12(2)5-4-8-20-11-15(19)10-18-16-9-14(17)7-6-13(16)3/h6-7,9,12,15,18-19H,4-5,8,10-11H2,1-3H3. The van der Waals surface area contributed by atoms with Gasteiger partial charge in [-0.2, -0.15) is 0 Å². The Morgan fingerprint density at radius 1 is 1.35 bits per heavy atom. The predicted octanol–water partition coefficient (Wildman–Crippen LogP) is 3.87. The number of hydrogen-bond acceptors (Lipinski definition) is 3. The summed E-state index contributed by atoms with van der Waals surface area (Å²) >= 11 is 5.95. The van der Waals surface area contributed by atoms with Gasteiger partial charge in [-0.05, 0) is 43.4 Å². The molecule has 0 fully saturated rings. The lowest BCUT2D eigenvalue weighted by Crippen LogP contribution is -2.25. The number of aliphatic hydroxyl groups is 1. The molecular formula is C16H26ClNO2. The van der Waals surface area contributed by atoms with Crippen LogP contribution in [0.3, 0.4) is 0 Å². The summed E-state index contributed by atoms with van der Waals surface area (Å²) in [5, 5.41) is 13.7. The molecule has 1 aromatic rings. The largest absolute Gasteiger partial charge is 0.389 e. The van der Waals surface area contributed by atoms with Gasteiger partial charge in [-0.1, -0.05) is 31.5 Å². The minimum Gasteiger partial charge on any atom is -0.389 e. The highest BCUT2D eigenvalue weighted by Gasteiger charge is 2.06. The fourth-order valence-corrected chi connectivity index (χ4v) is 2.06. The van der Waals surface area contributed by atoms with Crippen molar-refractivity contribution >= 4 is 17.3 Å². The number of aryl methyl sites for hydroxylation is 1. The zero-order valence-electron chi connectivity index (χ0n) is 12.7. The first-order chi connectivity index (χ1) is 9.49. The molecule has 114 valence electrons. The Balaban J connectivity index is 2.19. The van der Waals surface area contributed by atoms with E-state index in [1.54, 1.807) is 0 Å². The number of anilines is 1. The maximum absolute atomic E-state index is 9.86. The van der Waals surface area contributed by atoms with Crippen LogP contribution < -0.4 is 5.32 Å². The fraction of sp³-hybridized carbons (Fsp3) is 0.625. The first-order valence-electron chi connectivity index (χ1n) is 7.25. The highest BCUT2D eigenvalue weighted by atomic mass is 35.5. The Hall–Kier alpha value is -0.770. The van der Waals surface area contributed by atoms with Crippen molar-refractivity contribution < 1.29 is 9.84 Å². The molecule has 0 amide bonds. The summed E-state index contributed by atoms with van der Waals surface area (Å²) in [6.45, 7) is 7.95. The minimum absolute atomic E-state index is 0.366. The third-order valence-corrected chi connectivity index (χ3v) is 3.34. The lowest BCUT2D eigenvalue weighted by atomic mass is 10.1. The zero-order valence-corrected chi connectivity index (χ0v) is 13.4. The number of hydrogen-bond donors (Lipinski definition) is 2. The van der Waals surface area contributed by atoms with Gasteiger partial charge in [0, 0.05) is 23.9 Å². The van der Waals surface area contributed by atoms with Crippen LogP contribution in [0.25, 0.3) is 0 Å². The van der Waals surface area contributed by atoms with Crippen LogP contribution in [0.1, 0.15) is 32.3 Å². The van der Waals surface area contributed by atoms with E-state index in [0.717, 1.165) is 24.1 Å². The summed E-state index contributed by atoms with van der Waals surface area (Å²) in [6, 6.07) is 5.68. The van der Waals surface area contributed by atoms with Crippen molar-refractivity contribution in [2.45, 2.75) is 39.7 Å². The molecule has 1 rings (SSSR count). The Bertz CT molecular complexity index is 396. The molecule has 0 aliphatic heterocycles. The predicted molar refractivity (Wildman–Crippen MR) is 85.6 cm³/mol. The van der Waals surface area contributed by atoms with E-state index >= 15 is 0 Å². The fourth-order valence-electron chi connectivity index (χ4n) is 1.88. The van der Waals surface area contributed by atoms with Gasteiger partial charge in [0.1, 0.15) is 0 Å². The average Bonchev–Trinajstić information content (AvgIpc) is 2.39. The molecule has 0 aliphatic carbocycles. The summed E-state index contributed by atoms with van der Waals surface area (Å²) in [7, 11) is 0. The molecule has 0 bridgehead atoms. The molecule has 1 atom stereocenters. The number of nitrogens with one attached hydrogen (secondary N) is 1. The molecule has 0 radical (unpaired) electrons. The molecule has 20 heavy (non-hydrogen) atoms. The van der Waals surface area contributed by atoms with Crippen molar-refractivity contribution in [2.75, 3.05) is 25.1 Å². The van der Waals surface area contributed by atoms with Gasteiger partial charge in [0.05, 0.1) is 12.7 Å². The zero-order chi connectivity index (χ0) is 15.0. The summed E-state index contributed by atoms with van der Waals surface area (Å²) in [4.78, 5) is 0. The second-order valence-electron chi connectivity index (χ2n) is 5.60. The van der Waals surface area contributed by atoms with Gasteiger partial charge in [0.15, 0.2) is 0 Å². The normalized spacial score (nSPS) is 12.7. The van der Waals surface area contributed by atoms with Crippen molar-refractivity contribution in [2.24, 2.45) is 5.92 Å². The maximum Gasteiger partial charge on any atom is 0.0945 e. The molecule has 2 N–H and O–H groups in total. The number of halogens is 1.